The summed E-state index contributed by atoms with van der Waals surface area (Å²) in [6.07, 6.45) is 3.43. The minimum Gasteiger partial charge on any atom is -0.491 e. The van der Waals surface area contributed by atoms with E-state index in [1.807, 2.05) is 6.07 Å². The zero-order valence-corrected chi connectivity index (χ0v) is 11.5. The second-order valence-corrected chi connectivity index (χ2v) is 5.35. The second kappa shape index (κ2) is 5.91. The highest BCUT2D eigenvalue weighted by Crippen LogP contribution is 2.36. The molecular formula is C14H21ClN2O. The Balaban J connectivity index is 2.27. The first kappa shape index (κ1) is 13.7. The lowest BCUT2D eigenvalue weighted by molar-refractivity contribution is 0.295. The van der Waals surface area contributed by atoms with E-state index in [1.54, 1.807) is 0 Å². The van der Waals surface area contributed by atoms with Crippen LogP contribution in [0, 0.1) is 5.92 Å². The van der Waals surface area contributed by atoms with Gasteiger partial charge in [-0.1, -0.05) is 24.6 Å². The van der Waals surface area contributed by atoms with Crippen LogP contribution in [0.2, 0.25) is 5.02 Å². The van der Waals surface area contributed by atoms with Gasteiger partial charge in [-0.25, -0.2) is 0 Å². The minimum absolute atomic E-state index is 0.219. The van der Waals surface area contributed by atoms with E-state index in [2.05, 4.69) is 13.0 Å². The lowest BCUT2D eigenvalue weighted by atomic mass is 10.0. The van der Waals surface area contributed by atoms with E-state index in [-0.39, 0.29) is 6.04 Å². The molecule has 2 rings (SSSR count). The van der Waals surface area contributed by atoms with E-state index in [9.17, 15) is 0 Å². The Morgan fingerprint density at radius 3 is 2.72 bits per heavy atom. The van der Waals surface area contributed by atoms with Gasteiger partial charge < -0.3 is 16.2 Å². The van der Waals surface area contributed by atoms with Crippen molar-refractivity contribution in [1.82, 2.24) is 0 Å². The summed E-state index contributed by atoms with van der Waals surface area (Å²) in [7, 11) is 0. The second-order valence-electron chi connectivity index (χ2n) is 4.95. The molecule has 0 radical (unpaired) electrons. The molecule has 0 saturated heterocycles. The molecule has 0 aliphatic heterocycles. The Bertz CT molecular complexity index is 419. The van der Waals surface area contributed by atoms with Crippen LogP contribution >= 0.6 is 11.6 Å². The number of aryl methyl sites for hydroxylation is 1. The molecule has 0 amide bonds. The summed E-state index contributed by atoms with van der Waals surface area (Å²) in [5.74, 6) is 1.41. The summed E-state index contributed by atoms with van der Waals surface area (Å²) < 4.78 is 5.85. The van der Waals surface area contributed by atoms with Crippen LogP contribution in [0.1, 0.15) is 36.9 Å². The maximum Gasteiger partial charge on any atom is 0.142 e. The van der Waals surface area contributed by atoms with Gasteiger partial charge >= 0.3 is 0 Å². The number of benzene rings is 1. The molecule has 100 valence electrons. The van der Waals surface area contributed by atoms with Crippen molar-refractivity contribution in [3.63, 3.8) is 0 Å². The number of ether oxygens (including phenoxy) is 1. The summed E-state index contributed by atoms with van der Waals surface area (Å²) in [5.41, 5.74) is 13.8. The van der Waals surface area contributed by atoms with Gasteiger partial charge in [-0.15, -0.1) is 0 Å². The van der Waals surface area contributed by atoms with Gasteiger partial charge in [-0.2, -0.15) is 0 Å². The highest BCUT2D eigenvalue weighted by Gasteiger charge is 2.24. The monoisotopic (exact) mass is 268 g/mol. The molecule has 4 heteroatoms. The van der Waals surface area contributed by atoms with Gasteiger partial charge in [0.2, 0.25) is 0 Å². The van der Waals surface area contributed by atoms with Gasteiger partial charge in [0.1, 0.15) is 5.75 Å². The van der Waals surface area contributed by atoms with E-state index in [0.717, 1.165) is 29.9 Å². The van der Waals surface area contributed by atoms with Crippen LogP contribution in [-0.4, -0.2) is 13.2 Å². The highest BCUT2D eigenvalue weighted by molar-refractivity contribution is 6.32. The molecule has 1 unspecified atom stereocenters. The topological polar surface area (TPSA) is 61.3 Å². The zero-order chi connectivity index (χ0) is 13.1. The van der Waals surface area contributed by atoms with E-state index < -0.39 is 0 Å². The van der Waals surface area contributed by atoms with Crippen LogP contribution < -0.4 is 16.2 Å². The molecule has 0 bridgehead atoms. The molecule has 0 spiro atoms. The predicted molar refractivity (Wildman–Crippen MR) is 75.0 cm³/mol. The molecule has 0 aromatic heterocycles. The van der Waals surface area contributed by atoms with Crippen molar-refractivity contribution < 1.29 is 4.74 Å². The largest absolute Gasteiger partial charge is 0.491 e. The van der Waals surface area contributed by atoms with Gasteiger partial charge in [-0.3, -0.25) is 0 Å². The third-order valence-electron chi connectivity index (χ3n) is 3.35. The molecule has 3 nitrogen and oxygen atoms in total. The summed E-state index contributed by atoms with van der Waals surface area (Å²) in [6.45, 7) is 3.22. The number of halogens is 1. The lowest BCUT2D eigenvalue weighted by Gasteiger charge is -2.18. The van der Waals surface area contributed by atoms with Crippen molar-refractivity contribution in [2.45, 2.75) is 32.2 Å². The van der Waals surface area contributed by atoms with Crippen molar-refractivity contribution in [1.29, 1.82) is 0 Å². The number of rotatable bonds is 6. The van der Waals surface area contributed by atoms with E-state index in [0.29, 0.717) is 17.5 Å². The van der Waals surface area contributed by atoms with Gasteiger partial charge in [0, 0.05) is 18.2 Å². The zero-order valence-electron chi connectivity index (χ0n) is 10.8. The molecular weight excluding hydrogens is 248 g/mol. The van der Waals surface area contributed by atoms with Crippen molar-refractivity contribution >= 4 is 11.6 Å². The first-order valence-electron chi connectivity index (χ1n) is 6.56. The molecule has 18 heavy (non-hydrogen) atoms. The lowest BCUT2D eigenvalue weighted by Crippen LogP contribution is -2.22. The van der Waals surface area contributed by atoms with Gasteiger partial charge in [0.25, 0.3) is 0 Å². The van der Waals surface area contributed by atoms with E-state index in [1.165, 1.54) is 12.8 Å². The van der Waals surface area contributed by atoms with Crippen LogP contribution in [0.4, 0.5) is 0 Å². The minimum atomic E-state index is -0.219. The number of nitrogens with two attached hydrogens (primary N) is 2. The van der Waals surface area contributed by atoms with Crippen LogP contribution in [0.5, 0.6) is 5.75 Å². The maximum atomic E-state index is 6.30. The van der Waals surface area contributed by atoms with Crippen LogP contribution in [-0.2, 0) is 6.42 Å². The van der Waals surface area contributed by atoms with Crippen molar-refractivity contribution in [3.05, 3.63) is 28.3 Å². The van der Waals surface area contributed by atoms with Crippen molar-refractivity contribution in [2.24, 2.45) is 17.4 Å². The fourth-order valence-corrected chi connectivity index (χ4v) is 2.22. The summed E-state index contributed by atoms with van der Waals surface area (Å²) in [4.78, 5) is 0. The Hall–Kier alpha value is -0.770. The van der Waals surface area contributed by atoms with E-state index in [4.69, 9.17) is 27.8 Å². The molecule has 4 N–H and O–H groups in total. The summed E-state index contributed by atoms with van der Waals surface area (Å²) >= 11 is 6.30. The Morgan fingerprint density at radius 2 is 2.17 bits per heavy atom. The highest BCUT2D eigenvalue weighted by atomic mass is 35.5. The first-order chi connectivity index (χ1) is 8.65. The Morgan fingerprint density at radius 1 is 1.44 bits per heavy atom. The van der Waals surface area contributed by atoms with E-state index >= 15 is 0 Å². The fraction of sp³-hybridized carbons (Fsp3) is 0.571. The first-order valence-corrected chi connectivity index (χ1v) is 6.94. The third-order valence-corrected chi connectivity index (χ3v) is 3.63. The van der Waals surface area contributed by atoms with Crippen molar-refractivity contribution in [3.8, 4) is 5.75 Å². The average molecular weight is 269 g/mol. The van der Waals surface area contributed by atoms with Gasteiger partial charge in [-0.05, 0) is 36.8 Å². The number of hydrogen-bond donors (Lipinski definition) is 2. The molecule has 0 heterocycles. The third kappa shape index (κ3) is 3.16. The Labute approximate surface area is 113 Å². The fourth-order valence-electron chi connectivity index (χ4n) is 1.92. The quantitative estimate of drug-likeness (QED) is 0.834. The molecule has 1 fully saturated rings. The molecule has 1 aromatic rings. The molecule has 1 saturated carbocycles. The molecule has 1 atom stereocenters. The molecule has 1 aliphatic rings. The Kier molecular flexibility index (Phi) is 4.49. The SMILES string of the molecule is CCc1cc(Cl)c(OCC2CC2)c(C(N)CN)c1. The smallest absolute Gasteiger partial charge is 0.142 e. The summed E-state index contributed by atoms with van der Waals surface area (Å²) in [6, 6.07) is 3.80. The number of hydrogen-bond acceptors (Lipinski definition) is 3. The maximum absolute atomic E-state index is 6.30. The van der Waals surface area contributed by atoms with Crippen LogP contribution in [0.3, 0.4) is 0 Å². The standard InChI is InChI=1S/C14H21ClN2O/c1-2-9-5-11(13(17)7-16)14(12(15)6-9)18-8-10-3-4-10/h5-6,10,13H,2-4,7-8,16-17H2,1H3. The van der Waals surface area contributed by atoms with Crippen LogP contribution in [0.25, 0.3) is 0 Å². The normalized spacial score (nSPS) is 16.7. The van der Waals surface area contributed by atoms with Crippen LogP contribution in [0.15, 0.2) is 12.1 Å². The predicted octanol–water partition coefficient (Wildman–Crippen LogP) is 2.65. The van der Waals surface area contributed by atoms with Gasteiger partial charge in [0.15, 0.2) is 0 Å². The van der Waals surface area contributed by atoms with Crippen molar-refractivity contribution in [2.75, 3.05) is 13.2 Å². The molecule has 1 aromatic carbocycles. The molecule has 1 aliphatic carbocycles. The van der Waals surface area contributed by atoms with Gasteiger partial charge in [0.05, 0.1) is 11.6 Å². The average Bonchev–Trinajstić information content (AvgIpc) is 3.19. The summed E-state index contributed by atoms with van der Waals surface area (Å²) in [5, 5.41) is 0.647.